The van der Waals surface area contributed by atoms with Gasteiger partial charge >= 0.3 is 5.97 Å². The van der Waals surface area contributed by atoms with Crippen LogP contribution < -0.4 is 5.56 Å². The van der Waals surface area contributed by atoms with Gasteiger partial charge in [-0.05, 0) is 54.5 Å². The molecule has 1 saturated carbocycles. The summed E-state index contributed by atoms with van der Waals surface area (Å²) in [5.74, 6) is -0.199. The highest BCUT2D eigenvalue weighted by atomic mass is 16.5. The number of nitrogens with zero attached hydrogens (tertiary/aromatic N) is 2. The second kappa shape index (κ2) is 5.33. The van der Waals surface area contributed by atoms with Crippen molar-refractivity contribution in [3.8, 4) is 11.1 Å². The number of aromatic amines is 1. The monoisotopic (exact) mass is 323 g/mol. The van der Waals surface area contributed by atoms with Gasteiger partial charge in [-0.3, -0.25) is 14.3 Å². The number of ether oxygens (including phenoxy) is 1. The van der Waals surface area contributed by atoms with Crippen molar-refractivity contribution in [2.45, 2.75) is 25.7 Å². The van der Waals surface area contributed by atoms with Gasteiger partial charge in [-0.15, -0.1) is 0 Å². The van der Waals surface area contributed by atoms with E-state index in [9.17, 15) is 9.59 Å². The Labute approximate surface area is 138 Å². The Morgan fingerprint density at radius 3 is 2.83 bits per heavy atom. The smallest absolute Gasteiger partial charge is 0.343 e. The summed E-state index contributed by atoms with van der Waals surface area (Å²) in [5.41, 5.74) is 4.67. The molecule has 3 aromatic rings. The minimum atomic E-state index is -0.590. The van der Waals surface area contributed by atoms with Crippen molar-refractivity contribution in [3.63, 3.8) is 0 Å². The lowest BCUT2D eigenvalue weighted by atomic mass is 9.98. The molecule has 1 aliphatic rings. The van der Waals surface area contributed by atoms with E-state index in [1.807, 2.05) is 19.2 Å². The second-order valence-electron chi connectivity index (χ2n) is 6.14. The fraction of sp³-hybridized carbons (Fsp3) is 0.278. The minimum absolute atomic E-state index is 0.0901. The van der Waals surface area contributed by atoms with Gasteiger partial charge in [0.15, 0.2) is 0 Å². The van der Waals surface area contributed by atoms with Gasteiger partial charge < -0.3 is 4.74 Å². The number of aromatic nitrogens is 3. The number of aryl methyl sites for hydroxylation is 1. The first-order valence-electron chi connectivity index (χ1n) is 7.88. The molecular formula is C18H17N3O3. The molecule has 3 aromatic heterocycles. The van der Waals surface area contributed by atoms with Crippen molar-refractivity contribution in [3.05, 3.63) is 57.8 Å². The lowest BCUT2D eigenvalue weighted by Gasteiger charge is -2.14. The maximum absolute atomic E-state index is 12.7. The molecule has 6 heteroatoms. The van der Waals surface area contributed by atoms with Gasteiger partial charge in [0, 0.05) is 18.0 Å². The predicted molar refractivity (Wildman–Crippen MR) is 89.3 cm³/mol. The third-order valence-electron chi connectivity index (χ3n) is 4.64. The Morgan fingerprint density at radius 2 is 2.21 bits per heavy atom. The van der Waals surface area contributed by atoms with Crippen molar-refractivity contribution < 1.29 is 9.53 Å². The van der Waals surface area contributed by atoms with Crippen molar-refractivity contribution in [2.75, 3.05) is 7.11 Å². The van der Waals surface area contributed by atoms with Crippen LogP contribution in [0, 0.1) is 6.92 Å². The number of methoxy groups -OCH3 is 1. The number of pyridine rings is 2. The zero-order valence-electron chi connectivity index (χ0n) is 13.5. The Balaban J connectivity index is 2.07. The zero-order valence-corrected chi connectivity index (χ0v) is 13.5. The van der Waals surface area contributed by atoms with Crippen LogP contribution in [-0.2, 0) is 4.74 Å². The SMILES string of the molecule is COC(=O)c1cc(C2CC2)c2c(C)c(-c3cn[nH]c3)ccn2c1=O. The van der Waals surface area contributed by atoms with E-state index in [2.05, 4.69) is 10.2 Å². The highest BCUT2D eigenvalue weighted by Gasteiger charge is 2.29. The number of hydrogen-bond acceptors (Lipinski definition) is 4. The summed E-state index contributed by atoms with van der Waals surface area (Å²) in [4.78, 5) is 24.7. The van der Waals surface area contributed by atoms with E-state index >= 15 is 0 Å². The van der Waals surface area contributed by atoms with Gasteiger partial charge in [-0.2, -0.15) is 5.10 Å². The lowest BCUT2D eigenvalue weighted by molar-refractivity contribution is 0.0598. The van der Waals surface area contributed by atoms with Crippen LogP contribution in [0.15, 0.2) is 35.5 Å². The number of carbonyl (C=O) groups is 1. The first-order valence-corrected chi connectivity index (χ1v) is 7.88. The van der Waals surface area contributed by atoms with Gasteiger partial charge in [-0.25, -0.2) is 4.79 Å². The second-order valence-corrected chi connectivity index (χ2v) is 6.14. The van der Waals surface area contributed by atoms with Gasteiger partial charge in [0.25, 0.3) is 5.56 Å². The lowest BCUT2D eigenvalue weighted by Crippen LogP contribution is -2.24. The van der Waals surface area contributed by atoms with Crippen molar-refractivity contribution >= 4 is 11.5 Å². The van der Waals surface area contributed by atoms with E-state index in [0.29, 0.717) is 5.92 Å². The van der Waals surface area contributed by atoms with Crippen LogP contribution in [0.25, 0.3) is 16.6 Å². The fourth-order valence-electron chi connectivity index (χ4n) is 3.27. The van der Waals surface area contributed by atoms with E-state index in [1.165, 1.54) is 7.11 Å². The van der Waals surface area contributed by atoms with E-state index in [1.54, 1.807) is 22.9 Å². The Morgan fingerprint density at radius 1 is 1.42 bits per heavy atom. The van der Waals surface area contributed by atoms with Crippen molar-refractivity contribution in [1.82, 2.24) is 14.6 Å². The van der Waals surface area contributed by atoms with E-state index in [0.717, 1.165) is 40.6 Å². The number of rotatable bonds is 3. The Kier molecular flexibility index (Phi) is 3.26. The molecule has 122 valence electrons. The van der Waals surface area contributed by atoms with Crippen LogP contribution in [0.4, 0.5) is 0 Å². The first kappa shape index (κ1) is 14.7. The summed E-state index contributed by atoms with van der Waals surface area (Å²) < 4.78 is 6.34. The van der Waals surface area contributed by atoms with Gasteiger partial charge in [0.1, 0.15) is 5.56 Å². The molecule has 0 atom stereocenters. The van der Waals surface area contributed by atoms with Gasteiger partial charge in [0.05, 0.1) is 18.8 Å². The molecule has 0 aromatic carbocycles. The molecule has 0 bridgehead atoms. The molecule has 4 rings (SSSR count). The summed E-state index contributed by atoms with van der Waals surface area (Å²) in [6.07, 6.45) is 7.46. The van der Waals surface area contributed by atoms with Crippen LogP contribution in [0.5, 0.6) is 0 Å². The number of esters is 1. The van der Waals surface area contributed by atoms with Gasteiger partial charge in [-0.1, -0.05) is 0 Å². The summed E-state index contributed by atoms with van der Waals surface area (Å²) >= 11 is 0. The summed E-state index contributed by atoms with van der Waals surface area (Å²) in [6.45, 7) is 2.00. The number of carbonyl (C=O) groups excluding carboxylic acids is 1. The third-order valence-corrected chi connectivity index (χ3v) is 4.64. The molecule has 0 saturated heterocycles. The molecule has 1 aliphatic carbocycles. The fourth-order valence-corrected chi connectivity index (χ4v) is 3.27. The molecule has 0 amide bonds. The molecule has 3 heterocycles. The van der Waals surface area contributed by atoms with E-state index in [4.69, 9.17) is 4.74 Å². The largest absolute Gasteiger partial charge is 0.465 e. The number of hydrogen-bond donors (Lipinski definition) is 1. The zero-order chi connectivity index (χ0) is 16.8. The maximum Gasteiger partial charge on any atom is 0.343 e. The summed E-state index contributed by atoms with van der Waals surface area (Å²) in [7, 11) is 1.29. The van der Waals surface area contributed by atoms with Crippen LogP contribution >= 0.6 is 0 Å². The summed E-state index contributed by atoms with van der Waals surface area (Å²) in [6, 6.07) is 3.60. The molecule has 1 fully saturated rings. The van der Waals surface area contributed by atoms with Crippen LogP contribution in [0.3, 0.4) is 0 Å². The average Bonchev–Trinajstić information content (AvgIpc) is 3.29. The average molecular weight is 323 g/mol. The Bertz CT molecular complexity index is 999. The molecule has 6 nitrogen and oxygen atoms in total. The van der Waals surface area contributed by atoms with E-state index < -0.39 is 5.97 Å². The number of nitrogens with one attached hydrogen (secondary N) is 1. The minimum Gasteiger partial charge on any atom is -0.465 e. The van der Waals surface area contributed by atoms with Crippen molar-refractivity contribution in [2.24, 2.45) is 0 Å². The van der Waals surface area contributed by atoms with Crippen LogP contribution in [0.2, 0.25) is 0 Å². The third kappa shape index (κ3) is 2.14. The molecule has 24 heavy (non-hydrogen) atoms. The molecule has 0 radical (unpaired) electrons. The summed E-state index contributed by atoms with van der Waals surface area (Å²) in [5, 5.41) is 6.82. The number of fused-ring (bicyclic) bond motifs is 1. The van der Waals surface area contributed by atoms with E-state index in [-0.39, 0.29) is 11.1 Å². The molecule has 0 unspecified atom stereocenters. The first-order chi connectivity index (χ1) is 11.6. The standard InChI is InChI=1S/C18H17N3O3/c1-10-13(12-8-19-20-9-12)5-6-21-16(10)14(11-3-4-11)7-15(17(21)22)18(23)24-2/h5-9,11H,3-4H2,1-2H3,(H,19,20). The predicted octanol–water partition coefficient (Wildman–Crippen LogP) is 2.66. The maximum atomic E-state index is 12.7. The van der Waals surface area contributed by atoms with Crippen LogP contribution in [-0.4, -0.2) is 27.7 Å². The topological polar surface area (TPSA) is 76.5 Å². The number of H-pyrrole nitrogens is 1. The highest BCUT2D eigenvalue weighted by Crippen LogP contribution is 2.43. The normalized spacial score (nSPS) is 14.1. The van der Waals surface area contributed by atoms with Crippen molar-refractivity contribution in [1.29, 1.82) is 0 Å². The van der Waals surface area contributed by atoms with Crippen LogP contribution in [0.1, 0.15) is 40.2 Å². The Hall–Kier alpha value is -2.89. The highest BCUT2D eigenvalue weighted by molar-refractivity contribution is 5.90. The van der Waals surface area contributed by atoms with Gasteiger partial charge in [0.2, 0.25) is 0 Å². The molecule has 1 N–H and O–H groups in total. The molecule has 0 spiro atoms. The molecule has 0 aliphatic heterocycles. The molecular weight excluding hydrogens is 306 g/mol. The quantitative estimate of drug-likeness (QED) is 0.752.